The summed E-state index contributed by atoms with van der Waals surface area (Å²) in [5, 5.41) is 0.160. The Kier molecular flexibility index (Phi) is 7.48. The highest BCUT2D eigenvalue weighted by Crippen LogP contribution is 2.53. The first-order chi connectivity index (χ1) is 14.9. The van der Waals surface area contributed by atoms with Crippen molar-refractivity contribution in [3.63, 3.8) is 0 Å². The van der Waals surface area contributed by atoms with E-state index in [0.29, 0.717) is 18.1 Å². The molecule has 3 unspecified atom stereocenters. The van der Waals surface area contributed by atoms with Gasteiger partial charge in [0, 0.05) is 12.3 Å². The SMILES string of the molecule is C=CCCC(C#CC1C2=CC3=C(CCCC3)C(=O)CC2CC1(C)C)O[Si](C)(C)C(C)(C)C. The Bertz CT molecular complexity index is 869. The highest BCUT2D eigenvalue weighted by molar-refractivity contribution is 6.74. The monoisotopic (exact) mass is 452 g/mol. The van der Waals surface area contributed by atoms with E-state index in [2.05, 4.69) is 72.2 Å². The molecule has 176 valence electrons. The molecule has 3 atom stereocenters. The summed E-state index contributed by atoms with van der Waals surface area (Å²) < 4.78 is 6.73. The van der Waals surface area contributed by atoms with Crippen LogP contribution < -0.4 is 0 Å². The fourth-order valence-electron chi connectivity index (χ4n) is 5.32. The number of hydrogen-bond donors (Lipinski definition) is 0. The molecule has 3 aliphatic carbocycles. The van der Waals surface area contributed by atoms with Gasteiger partial charge in [0.2, 0.25) is 0 Å². The van der Waals surface area contributed by atoms with Crippen LogP contribution in [0.2, 0.25) is 18.1 Å². The van der Waals surface area contributed by atoms with Gasteiger partial charge in [0.25, 0.3) is 0 Å². The van der Waals surface area contributed by atoms with Crippen molar-refractivity contribution in [2.24, 2.45) is 17.3 Å². The van der Waals surface area contributed by atoms with Crippen molar-refractivity contribution < 1.29 is 9.22 Å². The van der Waals surface area contributed by atoms with Gasteiger partial charge in [-0.2, -0.15) is 0 Å². The normalized spacial score (nSPS) is 26.3. The smallest absolute Gasteiger partial charge is 0.193 e. The van der Waals surface area contributed by atoms with Crippen molar-refractivity contribution in [2.75, 3.05) is 0 Å². The summed E-state index contributed by atoms with van der Waals surface area (Å²) in [4.78, 5) is 13.0. The highest BCUT2D eigenvalue weighted by atomic mass is 28.4. The molecule has 1 saturated carbocycles. The fourth-order valence-corrected chi connectivity index (χ4v) is 6.56. The summed E-state index contributed by atoms with van der Waals surface area (Å²) in [7, 11) is -1.91. The van der Waals surface area contributed by atoms with Crippen LogP contribution in [0, 0.1) is 29.1 Å². The maximum absolute atomic E-state index is 13.0. The first-order valence-corrected chi connectivity index (χ1v) is 15.5. The minimum atomic E-state index is -1.91. The van der Waals surface area contributed by atoms with Gasteiger partial charge in [0.05, 0.1) is 0 Å². The van der Waals surface area contributed by atoms with E-state index >= 15 is 0 Å². The van der Waals surface area contributed by atoms with E-state index in [9.17, 15) is 4.79 Å². The maximum Gasteiger partial charge on any atom is 0.193 e. The molecule has 2 nitrogen and oxygen atoms in total. The number of allylic oxidation sites excluding steroid dienone is 5. The Morgan fingerprint density at radius 3 is 2.62 bits per heavy atom. The van der Waals surface area contributed by atoms with Crippen molar-refractivity contribution in [1.29, 1.82) is 0 Å². The molecule has 0 aromatic carbocycles. The van der Waals surface area contributed by atoms with E-state index in [0.717, 1.165) is 44.1 Å². The van der Waals surface area contributed by atoms with Crippen LogP contribution in [0.25, 0.3) is 0 Å². The van der Waals surface area contributed by atoms with Crippen molar-refractivity contribution >= 4 is 14.1 Å². The van der Waals surface area contributed by atoms with Gasteiger partial charge < -0.3 is 4.43 Å². The van der Waals surface area contributed by atoms with Crippen molar-refractivity contribution in [3.05, 3.63) is 35.5 Å². The molecule has 0 aromatic rings. The number of ketones is 1. The van der Waals surface area contributed by atoms with Gasteiger partial charge in [-0.3, -0.25) is 4.79 Å². The molecule has 3 aliphatic rings. The predicted octanol–water partition coefficient (Wildman–Crippen LogP) is 7.78. The molecule has 0 saturated heterocycles. The molecule has 0 heterocycles. The maximum atomic E-state index is 13.0. The number of hydrogen-bond acceptors (Lipinski definition) is 2. The number of rotatable bonds is 5. The quantitative estimate of drug-likeness (QED) is 0.242. The van der Waals surface area contributed by atoms with Crippen LogP contribution in [0.3, 0.4) is 0 Å². The Balaban J connectivity index is 1.93. The molecule has 0 N–H and O–H groups in total. The van der Waals surface area contributed by atoms with Crippen LogP contribution in [0.4, 0.5) is 0 Å². The topological polar surface area (TPSA) is 26.3 Å². The number of fused-ring (bicyclic) bond motifs is 1. The minimum Gasteiger partial charge on any atom is -0.403 e. The second-order valence-electron chi connectivity index (χ2n) is 12.3. The average molecular weight is 453 g/mol. The summed E-state index contributed by atoms with van der Waals surface area (Å²) in [6, 6.07) is 0. The van der Waals surface area contributed by atoms with Crippen LogP contribution in [0.15, 0.2) is 35.5 Å². The lowest BCUT2D eigenvalue weighted by Crippen LogP contribution is -2.43. The zero-order valence-electron chi connectivity index (χ0n) is 21.6. The van der Waals surface area contributed by atoms with Crippen LogP contribution in [0.1, 0.15) is 86.0 Å². The largest absolute Gasteiger partial charge is 0.403 e. The standard InChI is InChI=1S/C29H44O2Si/c1-9-10-14-23(31-32(7,8)28(2,3)4)16-17-26-25-18-21-13-11-12-15-24(21)27(30)19-22(25)20-29(26,5)6/h9,18,22-23,26H,1,10-15,19-20H2,2-8H3. The van der Waals surface area contributed by atoms with Gasteiger partial charge in [-0.15, -0.1) is 6.58 Å². The molecule has 0 spiro atoms. The lowest BCUT2D eigenvalue weighted by Gasteiger charge is -2.38. The van der Waals surface area contributed by atoms with E-state index in [4.69, 9.17) is 4.43 Å². The van der Waals surface area contributed by atoms with Crippen molar-refractivity contribution in [3.8, 4) is 11.8 Å². The summed E-state index contributed by atoms with van der Waals surface area (Å²) >= 11 is 0. The van der Waals surface area contributed by atoms with E-state index in [1.165, 1.54) is 17.6 Å². The lowest BCUT2D eigenvalue weighted by atomic mass is 9.79. The van der Waals surface area contributed by atoms with Crippen LogP contribution in [-0.2, 0) is 9.22 Å². The molecule has 3 rings (SSSR count). The third kappa shape index (κ3) is 5.40. The van der Waals surface area contributed by atoms with E-state index in [-0.39, 0.29) is 22.5 Å². The summed E-state index contributed by atoms with van der Waals surface area (Å²) in [6.07, 6.45) is 12.2. The molecule has 0 amide bonds. The molecule has 0 aliphatic heterocycles. The summed E-state index contributed by atoms with van der Waals surface area (Å²) in [5.74, 6) is 8.23. The van der Waals surface area contributed by atoms with E-state index in [1.807, 2.05) is 6.08 Å². The summed E-state index contributed by atoms with van der Waals surface area (Å²) in [5.41, 5.74) is 3.92. The van der Waals surface area contributed by atoms with Crippen molar-refractivity contribution in [2.45, 2.75) is 110 Å². The molecule has 3 heteroatoms. The zero-order chi connectivity index (χ0) is 23.7. The van der Waals surface area contributed by atoms with Crippen molar-refractivity contribution in [1.82, 2.24) is 0 Å². The second-order valence-corrected chi connectivity index (χ2v) is 17.1. The Hall–Kier alpha value is -1.37. The third-order valence-electron chi connectivity index (χ3n) is 8.24. The Morgan fingerprint density at radius 1 is 1.28 bits per heavy atom. The molecule has 0 aromatic heterocycles. The Labute approximate surface area is 198 Å². The first kappa shape index (κ1) is 25.3. The van der Waals surface area contributed by atoms with Gasteiger partial charge in [-0.25, -0.2) is 0 Å². The van der Waals surface area contributed by atoms with E-state index < -0.39 is 8.32 Å². The zero-order valence-corrected chi connectivity index (χ0v) is 22.6. The van der Waals surface area contributed by atoms with Gasteiger partial charge in [-0.05, 0) is 85.6 Å². The minimum absolute atomic E-state index is 0.0544. The average Bonchev–Trinajstić information content (AvgIpc) is 2.83. The fraction of sp³-hybridized carbons (Fsp3) is 0.690. The molecular weight excluding hydrogens is 408 g/mol. The molecule has 0 radical (unpaired) electrons. The first-order valence-electron chi connectivity index (χ1n) is 12.6. The highest BCUT2D eigenvalue weighted by Gasteiger charge is 2.46. The van der Waals surface area contributed by atoms with E-state index in [1.54, 1.807) is 0 Å². The molecule has 32 heavy (non-hydrogen) atoms. The number of Topliss-reactive ketones (excluding diaryl/α,β-unsaturated/α-hetero) is 1. The van der Waals surface area contributed by atoms with Crippen LogP contribution in [-0.4, -0.2) is 20.2 Å². The van der Waals surface area contributed by atoms with Gasteiger partial charge >= 0.3 is 0 Å². The Morgan fingerprint density at radius 2 is 1.97 bits per heavy atom. The molecular formula is C29H44O2Si. The summed E-state index contributed by atoms with van der Waals surface area (Å²) in [6.45, 7) is 20.0. The van der Waals surface area contributed by atoms with Gasteiger partial charge in [0.1, 0.15) is 6.10 Å². The molecule has 0 bridgehead atoms. The third-order valence-corrected chi connectivity index (χ3v) is 12.7. The lowest BCUT2D eigenvalue weighted by molar-refractivity contribution is -0.116. The number of carbonyl (C=O) groups is 1. The second kappa shape index (κ2) is 9.47. The van der Waals surface area contributed by atoms with Crippen LogP contribution in [0.5, 0.6) is 0 Å². The predicted molar refractivity (Wildman–Crippen MR) is 138 cm³/mol. The molecule has 1 fully saturated rings. The van der Waals surface area contributed by atoms with Gasteiger partial charge in [-0.1, -0.05) is 64.2 Å². The van der Waals surface area contributed by atoms with Crippen LogP contribution >= 0.6 is 0 Å². The van der Waals surface area contributed by atoms with Gasteiger partial charge in [0.15, 0.2) is 14.1 Å². The number of carbonyl (C=O) groups excluding carboxylic acids is 1.